The van der Waals surface area contributed by atoms with Crippen molar-refractivity contribution < 1.29 is 9.59 Å². The molecule has 6 heteroatoms. The van der Waals surface area contributed by atoms with E-state index in [2.05, 4.69) is 19.2 Å². The van der Waals surface area contributed by atoms with Crippen LogP contribution in [0.5, 0.6) is 0 Å². The molecule has 1 aliphatic rings. The molecule has 1 heterocycles. The Balaban J connectivity index is 0.00000261. The van der Waals surface area contributed by atoms with E-state index in [1.165, 1.54) is 0 Å². The Morgan fingerprint density at radius 1 is 1.00 bits per heavy atom. The number of carbonyl (C=O) groups is 2. The molecule has 0 aliphatic carbocycles. The third-order valence-electron chi connectivity index (χ3n) is 4.73. The van der Waals surface area contributed by atoms with Crippen molar-refractivity contribution in [2.45, 2.75) is 20.3 Å². The molecular formula is C21H26ClN3O2. The molecule has 5 nitrogen and oxygen atoms in total. The van der Waals surface area contributed by atoms with Gasteiger partial charge in [0.15, 0.2) is 0 Å². The van der Waals surface area contributed by atoms with Crippen molar-refractivity contribution >= 4 is 35.6 Å². The molecule has 2 atom stereocenters. The number of nitrogens with one attached hydrogen (secondary N) is 1. The lowest BCUT2D eigenvalue weighted by Crippen LogP contribution is -2.42. The van der Waals surface area contributed by atoms with Gasteiger partial charge in [-0.25, -0.2) is 0 Å². The summed E-state index contributed by atoms with van der Waals surface area (Å²) in [6.07, 6.45) is 1.14. The zero-order valence-electron chi connectivity index (χ0n) is 15.6. The maximum absolute atomic E-state index is 13.0. The van der Waals surface area contributed by atoms with Gasteiger partial charge in [0, 0.05) is 24.3 Å². The van der Waals surface area contributed by atoms with Gasteiger partial charge in [-0.05, 0) is 54.7 Å². The first kappa shape index (κ1) is 20.8. The number of benzene rings is 2. The van der Waals surface area contributed by atoms with Gasteiger partial charge in [0.05, 0.1) is 11.3 Å². The van der Waals surface area contributed by atoms with Gasteiger partial charge in [-0.3, -0.25) is 9.59 Å². The summed E-state index contributed by atoms with van der Waals surface area (Å²) in [4.78, 5) is 27.4. The van der Waals surface area contributed by atoms with Crippen LogP contribution in [-0.2, 0) is 0 Å². The molecule has 27 heavy (non-hydrogen) atoms. The van der Waals surface area contributed by atoms with Crippen LogP contribution in [0.2, 0.25) is 0 Å². The molecule has 144 valence electrons. The summed E-state index contributed by atoms with van der Waals surface area (Å²) in [5.74, 6) is 0.681. The molecule has 0 saturated carbocycles. The van der Waals surface area contributed by atoms with E-state index in [1.807, 2.05) is 17.0 Å². The highest BCUT2D eigenvalue weighted by Gasteiger charge is 2.27. The summed E-state index contributed by atoms with van der Waals surface area (Å²) in [6, 6.07) is 13.9. The topological polar surface area (TPSA) is 75.4 Å². The normalized spacial score (nSPS) is 19.1. The number of anilines is 2. The Kier molecular flexibility index (Phi) is 6.86. The number of hydrogen-bond donors (Lipinski definition) is 2. The lowest BCUT2D eigenvalue weighted by atomic mass is 9.91. The van der Waals surface area contributed by atoms with Gasteiger partial charge in [0.2, 0.25) is 0 Å². The third kappa shape index (κ3) is 5.01. The average Bonchev–Trinajstić information content (AvgIpc) is 2.61. The smallest absolute Gasteiger partial charge is 0.255 e. The highest BCUT2D eigenvalue weighted by molar-refractivity contribution is 6.09. The second-order valence-electron chi connectivity index (χ2n) is 7.28. The van der Waals surface area contributed by atoms with E-state index in [4.69, 9.17) is 5.73 Å². The lowest BCUT2D eigenvalue weighted by Gasteiger charge is -2.35. The number of nitrogen functional groups attached to an aromatic ring is 1. The quantitative estimate of drug-likeness (QED) is 0.780. The van der Waals surface area contributed by atoms with Crippen molar-refractivity contribution in [3.8, 4) is 0 Å². The molecule has 0 radical (unpaired) electrons. The molecule has 2 aromatic rings. The summed E-state index contributed by atoms with van der Waals surface area (Å²) < 4.78 is 0. The summed E-state index contributed by atoms with van der Waals surface area (Å²) in [5.41, 5.74) is 7.83. The van der Waals surface area contributed by atoms with Crippen molar-refractivity contribution in [2.75, 3.05) is 24.1 Å². The van der Waals surface area contributed by atoms with Crippen LogP contribution in [-0.4, -0.2) is 29.8 Å². The van der Waals surface area contributed by atoms with E-state index in [9.17, 15) is 9.59 Å². The molecule has 1 aliphatic heterocycles. The molecule has 1 saturated heterocycles. The van der Waals surface area contributed by atoms with Gasteiger partial charge in [-0.15, -0.1) is 12.4 Å². The molecule has 2 unspecified atom stereocenters. The maximum atomic E-state index is 13.0. The Morgan fingerprint density at radius 3 is 2.22 bits per heavy atom. The van der Waals surface area contributed by atoms with E-state index in [0.717, 1.165) is 19.5 Å². The monoisotopic (exact) mass is 387 g/mol. The van der Waals surface area contributed by atoms with Crippen molar-refractivity contribution in [2.24, 2.45) is 11.8 Å². The molecule has 0 spiro atoms. The van der Waals surface area contributed by atoms with Crippen molar-refractivity contribution in [3.05, 3.63) is 59.7 Å². The molecule has 0 bridgehead atoms. The number of rotatable bonds is 3. The van der Waals surface area contributed by atoms with Crippen molar-refractivity contribution in [1.29, 1.82) is 0 Å². The number of piperidine rings is 1. The van der Waals surface area contributed by atoms with Gasteiger partial charge in [0.25, 0.3) is 11.8 Å². The number of nitrogens with two attached hydrogens (primary N) is 1. The van der Waals surface area contributed by atoms with Crippen LogP contribution in [0.3, 0.4) is 0 Å². The summed E-state index contributed by atoms with van der Waals surface area (Å²) in [6.45, 7) is 5.85. The van der Waals surface area contributed by atoms with Crippen LogP contribution < -0.4 is 11.1 Å². The molecule has 3 rings (SSSR count). The fourth-order valence-corrected chi connectivity index (χ4v) is 3.61. The number of hydrogen-bond acceptors (Lipinski definition) is 3. The first-order valence-electron chi connectivity index (χ1n) is 8.99. The summed E-state index contributed by atoms with van der Waals surface area (Å²) >= 11 is 0. The minimum atomic E-state index is -0.259. The molecule has 1 fully saturated rings. The molecule has 2 aromatic carbocycles. The van der Waals surface area contributed by atoms with E-state index >= 15 is 0 Å². The van der Waals surface area contributed by atoms with Gasteiger partial charge in [0.1, 0.15) is 0 Å². The highest BCUT2D eigenvalue weighted by atomic mass is 35.5. The lowest BCUT2D eigenvalue weighted by molar-refractivity contribution is 0.0624. The number of carbonyl (C=O) groups excluding carboxylic acids is 2. The number of halogens is 1. The SMILES string of the molecule is CC1CC(C)CN(C(=O)c2ccccc2NC(=O)c2ccc(N)cc2)C1.Cl. The van der Waals surface area contributed by atoms with Gasteiger partial charge in [-0.2, -0.15) is 0 Å². The zero-order chi connectivity index (χ0) is 18.7. The van der Waals surface area contributed by atoms with Crippen molar-refractivity contribution in [1.82, 2.24) is 4.90 Å². The minimum absolute atomic E-state index is 0. The van der Waals surface area contributed by atoms with Crippen LogP contribution in [0.25, 0.3) is 0 Å². The summed E-state index contributed by atoms with van der Waals surface area (Å²) in [5, 5.41) is 2.86. The van der Waals surface area contributed by atoms with Crippen molar-refractivity contribution in [3.63, 3.8) is 0 Å². The van der Waals surface area contributed by atoms with Crippen LogP contribution in [0.1, 0.15) is 41.0 Å². The molecular weight excluding hydrogens is 362 g/mol. The number of para-hydroxylation sites is 1. The van der Waals surface area contributed by atoms with E-state index in [-0.39, 0.29) is 24.2 Å². The van der Waals surface area contributed by atoms with Gasteiger partial charge in [-0.1, -0.05) is 26.0 Å². The predicted molar refractivity (Wildman–Crippen MR) is 111 cm³/mol. The average molecular weight is 388 g/mol. The Bertz CT molecular complexity index is 797. The van der Waals surface area contributed by atoms with E-state index < -0.39 is 0 Å². The van der Waals surface area contributed by atoms with E-state index in [0.29, 0.717) is 34.3 Å². The molecule has 0 aromatic heterocycles. The minimum Gasteiger partial charge on any atom is -0.399 e. The maximum Gasteiger partial charge on any atom is 0.255 e. The second kappa shape index (κ2) is 8.91. The van der Waals surface area contributed by atoms with Crippen LogP contribution in [0.15, 0.2) is 48.5 Å². The Hall–Kier alpha value is -2.53. The van der Waals surface area contributed by atoms with Crippen LogP contribution >= 0.6 is 12.4 Å². The third-order valence-corrected chi connectivity index (χ3v) is 4.73. The standard InChI is InChI=1S/C21H25N3O2.ClH/c1-14-11-15(2)13-24(12-14)21(26)18-5-3-4-6-19(18)23-20(25)16-7-9-17(22)10-8-16;/h3-10,14-15H,11-13,22H2,1-2H3,(H,23,25);1H. The zero-order valence-corrected chi connectivity index (χ0v) is 16.5. The fourth-order valence-electron chi connectivity index (χ4n) is 3.61. The van der Waals surface area contributed by atoms with Gasteiger partial charge >= 0.3 is 0 Å². The molecule has 2 amide bonds. The predicted octanol–water partition coefficient (Wildman–Crippen LogP) is 4.06. The Labute approximate surface area is 166 Å². The van der Waals surface area contributed by atoms with Gasteiger partial charge < -0.3 is 16.0 Å². The molecule has 3 N–H and O–H groups in total. The Morgan fingerprint density at radius 2 is 1.59 bits per heavy atom. The largest absolute Gasteiger partial charge is 0.399 e. The first-order valence-corrected chi connectivity index (χ1v) is 8.99. The first-order chi connectivity index (χ1) is 12.4. The van der Waals surface area contributed by atoms with Crippen LogP contribution in [0, 0.1) is 11.8 Å². The fraction of sp³-hybridized carbons (Fsp3) is 0.333. The van der Waals surface area contributed by atoms with Crippen LogP contribution in [0.4, 0.5) is 11.4 Å². The second-order valence-corrected chi connectivity index (χ2v) is 7.28. The number of amides is 2. The summed E-state index contributed by atoms with van der Waals surface area (Å²) in [7, 11) is 0. The number of nitrogens with zero attached hydrogens (tertiary/aromatic N) is 1. The highest BCUT2D eigenvalue weighted by Crippen LogP contribution is 2.25. The number of likely N-dealkylation sites (tertiary alicyclic amines) is 1. The van der Waals surface area contributed by atoms with E-state index in [1.54, 1.807) is 36.4 Å².